The Hall–Kier alpha value is -2.13. The highest BCUT2D eigenvalue weighted by Gasteiger charge is 2.02. The van der Waals surface area contributed by atoms with E-state index in [-0.39, 0.29) is 0 Å². The molecular formula is C14H13N3. The van der Waals surface area contributed by atoms with E-state index in [1.165, 1.54) is 11.1 Å². The van der Waals surface area contributed by atoms with Crippen LogP contribution in [0.15, 0.2) is 55.0 Å². The Morgan fingerprint density at radius 3 is 2.65 bits per heavy atom. The molecule has 0 bridgehead atoms. The summed E-state index contributed by atoms with van der Waals surface area (Å²) in [5, 5.41) is 0. The minimum absolute atomic E-state index is 0.475. The summed E-state index contributed by atoms with van der Waals surface area (Å²) in [6.07, 6.45) is 3.89. The Bertz CT molecular complexity index is 641. The Kier molecular flexibility index (Phi) is 2.38. The van der Waals surface area contributed by atoms with Crippen LogP contribution >= 0.6 is 0 Å². The van der Waals surface area contributed by atoms with Crippen LogP contribution in [0.3, 0.4) is 0 Å². The molecule has 0 aliphatic carbocycles. The lowest BCUT2D eigenvalue weighted by Gasteiger charge is -1.96. The van der Waals surface area contributed by atoms with Gasteiger partial charge in [-0.15, -0.1) is 0 Å². The Balaban J connectivity index is 2.14. The van der Waals surface area contributed by atoms with Crippen LogP contribution in [0.5, 0.6) is 0 Å². The maximum Gasteiger partial charge on any atom is 0.0994 e. The highest BCUT2D eigenvalue weighted by molar-refractivity contribution is 5.70. The van der Waals surface area contributed by atoms with Gasteiger partial charge in [-0.1, -0.05) is 30.3 Å². The van der Waals surface area contributed by atoms with E-state index in [9.17, 15) is 0 Å². The van der Waals surface area contributed by atoms with E-state index in [0.717, 1.165) is 11.2 Å². The van der Waals surface area contributed by atoms with Crippen molar-refractivity contribution >= 4 is 5.52 Å². The van der Waals surface area contributed by atoms with Crippen LogP contribution in [0.2, 0.25) is 0 Å². The van der Waals surface area contributed by atoms with Gasteiger partial charge in [-0.05, 0) is 17.7 Å². The zero-order chi connectivity index (χ0) is 11.7. The van der Waals surface area contributed by atoms with Crippen LogP contribution < -0.4 is 5.73 Å². The Morgan fingerprint density at radius 2 is 1.88 bits per heavy atom. The van der Waals surface area contributed by atoms with E-state index in [4.69, 9.17) is 5.73 Å². The molecule has 3 heteroatoms. The number of hydrogen-bond donors (Lipinski definition) is 1. The summed E-state index contributed by atoms with van der Waals surface area (Å²) < 4.78 is 2.02. The number of nitrogens with two attached hydrogens (primary N) is 1. The molecule has 3 rings (SSSR count). The van der Waals surface area contributed by atoms with Crippen LogP contribution in [-0.4, -0.2) is 9.38 Å². The largest absolute Gasteiger partial charge is 0.325 e. The molecule has 0 unspecified atom stereocenters. The molecule has 2 heterocycles. The summed E-state index contributed by atoms with van der Waals surface area (Å²) in [4.78, 5) is 4.27. The molecule has 1 aromatic carbocycles. The molecule has 0 saturated heterocycles. The minimum Gasteiger partial charge on any atom is -0.325 e. The SMILES string of the molecule is NCc1cc2cc(-c3ccccc3)cn2cn1. The van der Waals surface area contributed by atoms with Crippen LogP contribution in [0, 0.1) is 0 Å². The van der Waals surface area contributed by atoms with E-state index >= 15 is 0 Å². The first-order valence-electron chi connectivity index (χ1n) is 5.59. The van der Waals surface area contributed by atoms with Crippen molar-refractivity contribution in [1.82, 2.24) is 9.38 Å². The van der Waals surface area contributed by atoms with E-state index in [1.807, 2.05) is 35.0 Å². The Morgan fingerprint density at radius 1 is 1.06 bits per heavy atom. The van der Waals surface area contributed by atoms with Crippen molar-refractivity contribution in [1.29, 1.82) is 0 Å². The van der Waals surface area contributed by atoms with Crippen molar-refractivity contribution in [3.63, 3.8) is 0 Å². The van der Waals surface area contributed by atoms with Gasteiger partial charge in [0.2, 0.25) is 0 Å². The average molecular weight is 223 g/mol. The molecule has 0 fully saturated rings. The molecule has 84 valence electrons. The van der Waals surface area contributed by atoms with Gasteiger partial charge in [0.1, 0.15) is 0 Å². The number of rotatable bonds is 2. The molecule has 0 atom stereocenters. The van der Waals surface area contributed by atoms with E-state index in [2.05, 4.69) is 29.4 Å². The minimum atomic E-state index is 0.475. The normalized spacial score (nSPS) is 10.9. The average Bonchev–Trinajstić information content (AvgIpc) is 2.82. The molecule has 0 radical (unpaired) electrons. The fraction of sp³-hybridized carbons (Fsp3) is 0.0714. The van der Waals surface area contributed by atoms with Crippen LogP contribution in [0.1, 0.15) is 5.69 Å². The van der Waals surface area contributed by atoms with Gasteiger partial charge in [0.15, 0.2) is 0 Å². The van der Waals surface area contributed by atoms with Crippen molar-refractivity contribution < 1.29 is 0 Å². The molecule has 3 nitrogen and oxygen atoms in total. The first-order chi connectivity index (χ1) is 8.36. The van der Waals surface area contributed by atoms with Crippen molar-refractivity contribution in [2.24, 2.45) is 5.73 Å². The van der Waals surface area contributed by atoms with Crippen molar-refractivity contribution in [3.8, 4) is 11.1 Å². The fourth-order valence-electron chi connectivity index (χ4n) is 1.96. The second kappa shape index (κ2) is 4.03. The van der Waals surface area contributed by atoms with Gasteiger partial charge in [0.25, 0.3) is 0 Å². The maximum absolute atomic E-state index is 5.59. The number of nitrogens with zero attached hydrogens (tertiary/aromatic N) is 2. The summed E-state index contributed by atoms with van der Waals surface area (Å²) in [6.45, 7) is 0.475. The third-order valence-corrected chi connectivity index (χ3v) is 2.86. The standard InChI is InChI=1S/C14H13N3/c15-8-13-7-14-6-12(9-17(14)10-16-13)11-4-2-1-3-5-11/h1-7,9-10H,8,15H2. The molecule has 0 aliphatic heterocycles. The third kappa shape index (κ3) is 1.81. The number of hydrogen-bond acceptors (Lipinski definition) is 2. The second-order valence-corrected chi connectivity index (χ2v) is 4.01. The number of benzene rings is 1. The second-order valence-electron chi connectivity index (χ2n) is 4.01. The molecule has 2 N–H and O–H groups in total. The molecule has 2 aromatic heterocycles. The zero-order valence-corrected chi connectivity index (χ0v) is 9.38. The quantitative estimate of drug-likeness (QED) is 0.725. The van der Waals surface area contributed by atoms with E-state index in [1.54, 1.807) is 0 Å². The summed E-state index contributed by atoms with van der Waals surface area (Å²) in [6, 6.07) is 14.5. The highest BCUT2D eigenvalue weighted by Crippen LogP contribution is 2.22. The lowest BCUT2D eigenvalue weighted by Crippen LogP contribution is -2.00. The summed E-state index contributed by atoms with van der Waals surface area (Å²) >= 11 is 0. The van der Waals surface area contributed by atoms with Crippen molar-refractivity contribution in [3.05, 3.63) is 60.7 Å². The van der Waals surface area contributed by atoms with Gasteiger partial charge in [-0.25, -0.2) is 4.98 Å². The van der Waals surface area contributed by atoms with Crippen LogP contribution in [0.25, 0.3) is 16.6 Å². The maximum atomic E-state index is 5.59. The van der Waals surface area contributed by atoms with Crippen molar-refractivity contribution in [2.75, 3.05) is 0 Å². The first kappa shape index (κ1) is 10.1. The van der Waals surface area contributed by atoms with Gasteiger partial charge in [0, 0.05) is 23.8 Å². The molecule has 0 aliphatic rings. The molecule has 0 saturated carbocycles. The molecule has 0 spiro atoms. The molecule has 3 aromatic rings. The third-order valence-electron chi connectivity index (χ3n) is 2.86. The van der Waals surface area contributed by atoms with Gasteiger partial charge in [0.05, 0.1) is 12.0 Å². The van der Waals surface area contributed by atoms with Gasteiger partial charge in [-0.3, -0.25) is 0 Å². The monoisotopic (exact) mass is 223 g/mol. The van der Waals surface area contributed by atoms with E-state index < -0.39 is 0 Å². The predicted molar refractivity (Wildman–Crippen MR) is 68.5 cm³/mol. The topological polar surface area (TPSA) is 43.3 Å². The number of aromatic nitrogens is 2. The highest BCUT2D eigenvalue weighted by atomic mass is 14.9. The summed E-state index contributed by atoms with van der Waals surface area (Å²) in [7, 11) is 0. The summed E-state index contributed by atoms with van der Waals surface area (Å²) in [5.41, 5.74) is 10.0. The fourth-order valence-corrected chi connectivity index (χ4v) is 1.96. The lowest BCUT2D eigenvalue weighted by molar-refractivity contribution is 0.953. The van der Waals surface area contributed by atoms with Gasteiger partial charge < -0.3 is 10.1 Å². The smallest absolute Gasteiger partial charge is 0.0994 e. The zero-order valence-electron chi connectivity index (χ0n) is 9.38. The lowest BCUT2D eigenvalue weighted by atomic mass is 10.1. The summed E-state index contributed by atoms with van der Waals surface area (Å²) in [5.74, 6) is 0. The number of fused-ring (bicyclic) bond motifs is 1. The molecule has 0 amide bonds. The van der Waals surface area contributed by atoms with Crippen LogP contribution in [-0.2, 0) is 6.54 Å². The van der Waals surface area contributed by atoms with Gasteiger partial charge >= 0.3 is 0 Å². The molecular weight excluding hydrogens is 210 g/mol. The van der Waals surface area contributed by atoms with Gasteiger partial charge in [-0.2, -0.15) is 0 Å². The Labute approximate surface area is 99.5 Å². The van der Waals surface area contributed by atoms with Crippen LogP contribution in [0.4, 0.5) is 0 Å². The predicted octanol–water partition coefficient (Wildman–Crippen LogP) is 2.46. The van der Waals surface area contributed by atoms with E-state index in [0.29, 0.717) is 6.54 Å². The van der Waals surface area contributed by atoms with Crippen molar-refractivity contribution in [2.45, 2.75) is 6.54 Å². The first-order valence-corrected chi connectivity index (χ1v) is 5.59. The molecule has 17 heavy (non-hydrogen) atoms.